The minimum absolute atomic E-state index is 0.134. The number of rotatable bonds is 3. The zero-order chi connectivity index (χ0) is 16.4. The quantitative estimate of drug-likeness (QED) is 0.912. The van der Waals surface area contributed by atoms with Gasteiger partial charge in [0, 0.05) is 12.2 Å². The number of likely N-dealkylation sites (tertiary alicyclic amines) is 1. The van der Waals surface area contributed by atoms with Gasteiger partial charge >= 0.3 is 0 Å². The van der Waals surface area contributed by atoms with Gasteiger partial charge in [-0.15, -0.1) is 0 Å². The fraction of sp³-hybridized carbons (Fsp3) is 0.650. The van der Waals surface area contributed by atoms with Crippen molar-refractivity contribution in [2.45, 2.75) is 52.9 Å². The van der Waals surface area contributed by atoms with Gasteiger partial charge in [-0.25, -0.2) is 0 Å². The first-order valence-electron chi connectivity index (χ1n) is 9.13. The van der Waals surface area contributed by atoms with Gasteiger partial charge in [0.05, 0.1) is 6.54 Å². The molecule has 3 nitrogen and oxygen atoms in total. The van der Waals surface area contributed by atoms with E-state index in [4.69, 9.17) is 0 Å². The molecule has 1 heterocycles. The topological polar surface area (TPSA) is 32.3 Å². The number of piperidine rings is 1. The van der Waals surface area contributed by atoms with Crippen LogP contribution in [0.2, 0.25) is 0 Å². The van der Waals surface area contributed by atoms with Gasteiger partial charge in [-0.1, -0.05) is 37.0 Å². The lowest BCUT2D eigenvalue weighted by Gasteiger charge is -2.41. The maximum absolute atomic E-state index is 12.5. The summed E-state index contributed by atoms with van der Waals surface area (Å²) in [6.07, 6.45) is 6.84. The predicted octanol–water partition coefficient (Wildman–Crippen LogP) is 4.06. The summed E-state index contributed by atoms with van der Waals surface area (Å²) in [6.45, 7) is 8.98. The average molecular weight is 314 g/mol. The molecule has 1 aliphatic carbocycles. The summed E-state index contributed by atoms with van der Waals surface area (Å²) in [7, 11) is 0. The lowest BCUT2D eigenvalue weighted by atomic mass is 9.75. The summed E-state index contributed by atoms with van der Waals surface area (Å²) in [5.74, 6) is 1.88. The second-order valence-electron chi connectivity index (χ2n) is 7.65. The molecule has 2 atom stereocenters. The molecule has 0 radical (unpaired) electrons. The van der Waals surface area contributed by atoms with Crippen molar-refractivity contribution in [2.75, 3.05) is 25.0 Å². The normalized spacial score (nSPS) is 25.0. The molecule has 1 aromatic rings. The fourth-order valence-electron chi connectivity index (χ4n) is 4.58. The van der Waals surface area contributed by atoms with E-state index in [-0.39, 0.29) is 5.91 Å². The van der Waals surface area contributed by atoms with Crippen LogP contribution in [0.15, 0.2) is 12.1 Å². The summed E-state index contributed by atoms with van der Waals surface area (Å²) in [5.41, 5.74) is 4.55. The molecule has 0 aromatic heterocycles. The first-order valence-corrected chi connectivity index (χ1v) is 9.13. The van der Waals surface area contributed by atoms with Gasteiger partial charge in [-0.2, -0.15) is 0 Å². The molecule has 1 aromatic carbocycles. The van der Waals surface area contributed by atoms with E-state index in [0.717, 1.165) is 41.7 Å². The molecule has 3 rings (SSSR count). The molecule has 1 N–H and O–H groups in total. The standard InChI is InChI=1S/C20H30N2O/c1-14-10-15(2)20(16(3)11-14)21-19(23)13-22-9-8-17-6-4-5-7-18(17)12-22/h10-11,17-18H,4-9,12-13H2,1-3H3,(H,21,23)/t17-,18-/m1/s1. The first-order chi connectivity index (χ1) is 11.0. The van der Waals surface area contributed by atoms with Gasteiger partial charge < -0.3 is 5.32 Å². The maximum Gasteiger partial charge on any atom is 0.238 e. The molecule has 126 valence electrons. The molecule has 0 bridgehead atoms. The van der Waals surface area contributed by atoms with Gasteiger partial charge in [0.25, 0.3) is 0 Å². The molecular weight excluding hydrogens is 284 g/mol. The number of anilines is 1. The Bertz CT molecular complexity index is 558. The van der Waals surface area contributed by atoms with Gasteiger partial charge in [0.15, 0.2) is 0 Å². The lowest BCUT2D eigenvalue weighted by Crippen LogP contribution is -2.44. The van der Waals surface area contributed by atoms with Crippen molar-refractivity contribution in [3.8, 4) is 0 Å². The Morgan fingerprint density at radius 1 is 1.09 bits per heavy atom. The number of nitrogens with one attached hydrogen (secondary N) is 1. The number of hydrogen-bond acceptors (Lipinski definition) is 2. The zero-order valence-corrected chi connectivity index (χ0v) is 14.8. The third-order valence-corrected chi connectivity index (χ3v) is 5.68. The molecule has 1 saturated carbocycles. The molecule has 0 spiro atoms. The summed E-state index contributed by atoms with van der Waals surface area (Å²) in [5, 5.41) is 3.14. The zero-order valence-electron chi connectivity index (χ0n) is 14.8. The van der Waals surface area contributed by atoms with E-state index < -0.39 is 0 Å². The van der Waals surface area contributed by atoms with Crippen molar-refractivity contribution >= 4 is 11.6 Å². The van der Waals surface area contributed by atoms with Crippen molar-refractivity contribution in [3.05, 3.63) is 28.8 Å². The highest BCUT2D eigenvalue weighted by molar-refractivity contribution is 5.93. The van der Waals surface area contributed by atoms with E-state index >= 15 is 0 Å². The monoisotopic (exact) mass is 314 g/mol. The van der Waals surface area contributed by atoms with Crippen LogP contribution >= 0.6 is 0 Å². The Balaban J connectivity index is 1.57. The van der Waals surface area contributed by atoms with Crippen LogP contribution in [0.3, 0.4) is 0 Å². The third-order valence-electron chi connectivity index (χ3n) is 5.68. The molecule has 2 aliphatic rings. The van der Waals surface area contributed by atoms with E-state index in [0.29, 0.717) is 6.54 Å². The van der Waals surface area contributed by atoms with Crippen molar-refractivity contribution < 1.29 is 4.79 Å². The highest BCUT2D eigenvalue weighted by Gasteiger charge is 2.31. The Morgan fingerprint density at radius 2 is 1.74 bits per heavy atom. The molecular formula is C20H30N2O. The number of benzene rings is 1. The highest BCUT2D eigenvalue weighted by atomic mass is 16.2. The number of carbonyl (C=O) groups is 1. The van der Waals surface area contributed by atoms with Crippen LogP contribution in [0, 0.1) is 32.6 Å². The Kier molecular flexibility index (Phi) is 5.05. The Labute approximate surface area is 140 Å². The highest BCUT2D eigenvalue weighted by Crippen LogP contribution is 2.35. The molecule has 1 aliphatic heterocycles. The van der Waals surface area contributed by atoms with Crippen molar-refractivity contribution in [3.63, 3.8) is 0 Å². The van der Waals surface area contributed by atoms with Gasteiger partial charge in [-0.05, 0) is 63.1 Å². The van der Waals surface area contributed by atoms with E-state index in [1.807, 2.05) is 0 Å². The number of carbonyl (C=O) groups excluding carboxylic acids is 1. The second kappa shape index (κ2) is 7.04. The average Bonchev–Trinajstić information content (AvgIpc) is 2.51. The van der Waals surface area contributed by atoms with Crippen LogP contribution in [0.1, 0.15) is 48.8 Å². The van der Waals surface area contributed by atoms with Crippen molar-refractivity contribution in [1.82, 2.24) is 4.90 Å². The van der Waals surface area contributed by atoms with Crippen molar-refractivity contribution in [2.24, 2.45) is 11.8 Å². The summed E-state index contributed by atoms with van der Waals surface area (Å²) < 4.78 is 0. The van der Waals surface area contributed by atoms with Crippen molar-refractivity contribution in [1.29, 1.82) is 0 Å². The number of amides is 1. The van der Waals surface area contributed by atoms with Crippen LogP contribution in [0.4, 0.5) is 5.69 Å². The minimum atomic E-state index is 0.134. The molecule has 2 fully saturated rings. The van der Waals surface area contributed by atoms with Gasteiger partial charge in [0.1, 0.15) is 0 Å². The fourth-order valence-corrected chi connectivity index (χ4v) is 4.58. The van der Waals surface area contributed by atoms with Crippen LogP contribution in [-0.4, -0.2) is 30.4 Å². The van der Waals surface area contributed by atoms with Crippen LogP contribution in [-0.2, 0) is 4.79 Å². The molecule has 1 saturated heterocycles. The van der Waals surface area contributed by atoms with Crippen LogP contribution in [0.5, 0.6) is 0 Å². The Hall–Kier alpha value is -1.35. The SMILES string of the molecule is Cc1cc(C)c(NC(=O)CN2CC[C@H]3CCCC[C@@H]3C2)c(C)c1. The van der Waals surface area contributed by atoms with E-state index in [2.05, 4.69) is 43.1 Å². The van der Waals surface area contributed by atoms with E-state index in [1.54, 1.807) is 0 Å². The molecule has 0 unspecified atom stereocenters. The minimum Gasteiger partial charge on any atom is -0.324 e. The smallest absolute Gasteiger partial charge is 0.238 e. The van der Waals surface area contributed by atoms with E-state index in [9.17, 15) is 4.79 Å². The Morgan fingerprint density at radius 3 is 2.43 bits per heavy atom. The van der Waals surface area contributed by atoms with Gasteiger partial charge in [-0.3, -0.25) is 9.69 Å². The second-order valence-corrected chi connectivity index (χ2v) is 7.65. The number of nitrogens with zero attached hydrogens (tertiary/aromatic N) is 1. The molecule has 1 amide bonds. The number of aryl methyl sites for hydroxylation is 3. The van der Waals surface area contributed by atoms with Crippen LogP contribution < -0.4 is 5.32 Å². The first kappa shape index (κ1) is 16.5. The van der Waals surface area contributed by atoms with E-state index in [1.165, 1.54) is 37.7 Å². The number of hydrogen-bond donors (Lipinski definition) is 1. The largest absolute Gasteiger partial charge is 0.324 e. The number of fused-ring (bicyclic) bond motifs is 1. The predicted molar refractivity (Wildman–Crippen MR) is 95.8 cm³/mol. The maximum atomic E-state index is 12.5. The molecule has 23 heavy (non-hydrogen) atoms. The summed E-state index contributed by atoms with van der Waals surface area (Å²) >= 11 is 0. The molecule has 3 heteroatoms. The lowest BCUT2D eigenvalue weighted by molar-refractivity contribution is -0.118. The van der Waals surface area contributed by atoms with Gasteiger partial charge in [0.2, 0.25) is 5.91 Å². The third kappa shape index (κ3) is 3.95. The summed E-state index contributed by atoms with van der Waals surface area (Å²) in [4.78, 5) is 14.8. The van der Waals surface area contributed by atoms with Crippen LogP contribution in [0.25, 0.3) is 0 Å². The summed E-state index contributed by atoms with van der Waals surface area (Å²) in [6, 6.07) is 4.27.